The molecule has 0 saturated carbocycles. The van der Waals surface area contributed by atoms with Gasteiger partial charge in [0.2, 0.25) is 5.28 Å². The summed E-state index contributed by atoms with van der Waals surface area (Å²) in [5, 5.41) is 2.62. The van der Waals surface area contributed by atoms with Crippen LogP contribution in [0.3, 0.4) is 0 Å². The molecule has 1 aliphatic rings. The van der Waals surface area contributed by atoms with Gasteiger partial charge >= 0.3 is 6.09 Å². The van der Waals surface area contributed by atoms with Crippen molar-refractivity contribution in [3.8, 4) is 0 Å². The van der Waals surface area contributed by atoms with E-state index < -0.39 is 6.09 Å². The molecule has 0 spiro atoms. The molecule has 18 heavy (non-hydrogen) atoms. The second-order valence-electron chi connectivity index (χ2n) is 4.24. The van der Waals surface area contributed by atoms with E-state index in [0.29, 0.717) is 5.82 Å². The second kappa shape index (κ2) is 5.97. The molecule has 0 bridgehead atoms. The molecule has 0 aromatic carbocycles. The number of amides is 1. The van der Waals surface area contributed by atoms with Crippen molar-refractivity contribution in [2.45, 2.75) is 18.9 Å². The van der Waals surface area contributed by atoms with Crippen LogP contribution >= 0.6 is 11.6 Å². The van der Waals surface area contributed by atoms with Crippen LogP contribution < -0.4 is 5.32 Å². The standard InChI is InChI=1S/C11H15ClN4O2/c1-16-6-3-8(4-7-16)18-11(17)15-9-2-5-13-10(12)14-9/h2,5,8H,3-4,6-7H2,1H3,(H,13,14,15,17). The fourth-order valence-electron chi connectivity index (χ4n) is 1.79. The van der Waals surface area contributed by atoms with Gasteiger partial charge in [0.25, 0.3) is 0 Å². The molecule has 1 saturated heterocycles. The molecule has 7 heteroatoms. The van der Waals surface area contributed by atoms with Gasteiger partial charge in [-0.3, -0.25) is 5.32 Å². The van der Waals surface area contributed by atoms with Gasteiger partial charge in [0, 0.05) is 19.3 Å². The Morgan fingerprint density at radius 1 is 1.56 bits per heavy atom. The molecular weight excluding hydrogens is 256 g/mol. The zero-order valence-corrected chi connectivity index (χ0v) is 10.9. The van der Waals surface area contributed by atoms with Gasteiger partial charge in [-0.1, -0.05) is 0 Å². The summed E-state index contributed by atoms with van der Waals surface area (Å²) in [5.41, 5.74) is 0. The number of nitrogens with one attached hydrogen (secondary N) is 1. The number of hydrogen-bond donors (Lipinski definition) is 1. The van der Waals surface area contributed by atoms with E-state index in [1.54, 1.807) is 6.07 Å². The predicted molar refractivity (Wildman–Crippen MR) is 67.7 cm³/mol. The molecular formula is C11H15ClN4O2. The van der Waals surface area contributed by atoms with Gasteiger partial charge < -0.3 is 9.64 Å². The van der Waals surface area contributed by atoms with Gasteiger partial charge in [0.1, 0.15) is 11.9 Å². The number of halogens is 1. The highest BCUT2D eigenvalue weighted by atomic mass is 35.5. The van der Waals surface area contributed by atoms with Crippen LogP contribution in [0.25, 0.3) is 0 Å². The minimum atomic E-state index is -0.501. The van der Waals surface area contributed by atoms with Crippen molar-refractivity contribution < 1.29 is 9.53 Å². The van der Waals surface area contributed by atoms with Crippen LogP contribution in [0.4, 0.5) is 10.6 Å². The first kappa shape index (κ1) is 13.0. The number of anilines is 1. The predicted octanol–water partition coefficient (Wildman–Crippen LogP) is 1.77. The van der Waals surface area contributed by atoms with Crippen molar-refractivity contribution in [2.75, 3.05) is 25.5 Å². The third-order valence-corrected chi connectivity index (χ3v) is 2.98. The quantitative estimate of drug-likeness (QED) is 0.830. The number of carbonyl (C=O) groups is 1. The molecule has 1 aromatic heterocycles. The summed E-state index contributed by atoms with van der Waals surface area (Å²) in [4.78, 5) is 21.4. The van der Waals surface area contributed by atoms with Crippen LogP contribution in [0.5, 0.6) is 0 Å². The Kier molecular flexibility index (Phi) is 4.33. The smallest absolute Gasteiger partial charge is 0.413 e. The normalized spacial score (nSPS) is 17.4. The first-order valence-electron chi connectivity index (χ1n) is 5.78. The summed E-state index contributed by atoms with van der Waals surface area (Å²) in [6.45, 7) is 1.88. The van der Waals surface area contributed by atoms with E-state index in [1.165, 1.54) is 6.20 Å². The van der Waals surface area contributed by atoms with Crippen molar-refractivity contribution in [1.29, 1.82) is 0 Å². The van der Waals surface area contributed by atoms with E-state index in [2.05, 4.69) is 27.2 Å². The van der Waals surface area contributed by atoms with E-state index in [9.17, 15) is 4.79 Å². The Morgan fingerprint density at radius 3 is 2.94 bits per heavy atom. The molecule has 0 atom stereocenters. The number of likely N-dealkylation sites (tertiary alicyclic amines) is 1. The Balaban J connectivity index is 1.82. The van der Waals surface area contributed by atoms with Gasteiger partial charge in [-0.2, -0.15) is 0 Å². The fourth-order valence-corrected chi connectivity index (χ4v) is 1.94. The summed E-state index contributed by atoms with van der Waals surface area (Å²) in [6, 6.07) is 1.56. The zero-order chi connectivity index (χ0) is 13.0. The van der Waals surface area contributed by atoms with E-state index in [1.807, 2.05) is 0 Å². The molecule has 0 radical (unpaired) electrons. The van der Waals surface area contributed by atoms with Crippen LogP contribution in [0.15, 0.2) is 12.3 Å². The average molecular weight is 271 g/mol. The first-order chi connectivity index (χ1) is 8.63. The minimum absolute atomic E-state index is 0.0292. The maximum atomic E-state index is 11.6. The SMILES string of the molecule is CN1CCC(OC(=O)Nc2ccnc(Cl)n2)CC1. The van der Waals surface area contributed by atoms with Crippen molar-refractivity contribution in [3.05, 3.63) is 17.5 Å². The highest BCUT2D eigenvalue weighted by Crippen LogP contribution is 2.13. The molecule has 1 aromatic rings. The van der Waals surface area contributed by atoms with Crippen molar-refractivity contribution >= 4 is 23.5 Å². The Hall–Kier alpha value is -1.40. The molecule has 2 heterocycles. The molecule has 1 aliphatic heterocycles. The molecule has 1 amide bonds. The molecule has 1 fully saturated rings. The molecule has 2 rings (SSSR count). The highest BCUT2D eigenvalue weighted by molar-refractivity contribution is 6.28. The number of hydrogen-bond acceptors (Lipinski definition) is 5. The van der Waals surface area contributed by atoms with Crippen LogP contribution in [-0.2, 0) is 4.74 Å². The third-order valence-electron chi connectivity index (χ3n) is 2.80. The van der Waals surface area contributed by atoms with E-state index in [4.69, 9.17) is 16.3 Å². The molecule has 0 aliphatic carbocycles. The summed E-state index contributed by atoms with van der Waals surface area (Å²) in [7, 11) is 2.05. The largest absolute Gasteiger partial charge is 0.446 e. The minimum Gasteiger partial charge on any atom is -0.446 e. The summed E-state index contributed by atoms with van der Waals surface area (Å²) in [5.74, 6) is 0.341. The topological polar surface area (TPSA) is 67.3 Å². The van der Waals surface area contributed by atoms with Crippen LogP contribution in [-0.4, -0.2) is 47.2 Å². The van der Waals surface area contributed by atoms with Crippen LogP contribution in [0.2, 0.25) is 5.28 Å². The fraction of sp³-hybridized carbons (Fsp3) is 0.545. The lowest BCUT2D eigenvalue weighted by atomic mass is 10.1. The lowest BCUT2D eigenvalue weighted by Gasteiger charge is -2.28. The lowest BCUT2D eigenvalue weighted by Crippen LogP contribution is -2.36. The van der Waals surface area contributed by atoms with Crippen molar-refractivity contribution in [1.82, 2.24) is 14.9 Å². The van der Waals surface area contributed by atoms with E-state index in [0.717, 1.165) is 25.9 Å². The van der Waals surface area contributed by atoms with Crippen molar-refractivity contribution in [3.63, 3.8) is 0 Å². The number of ether oxygens (including phenoxy) is 1. The monoisotopic (exact) mass is 270 g/mol. The van der Waals surface area contributed by atoms with Gasteiger partial charge in [-0.05, 0) is 37.6 Å². The molecule has 98 valence electrons. The lowest BCUT2D eigenvalue weighted by molar-refractivity contribution is 0.0661. The van der Waals surface area contributed by atoms with Gasteiger partial charge in [-0.25, -0.2) is 14.8 Å². The first-order valence-corrected chi connectivity index (χ1v) is 6.16. The zero-order valence-electron chi connectivity index (χ0n) is 10.1. The number of piperidine rings is 1. The number of carbonyl (C=O) groups excluding carboxylic acids is 1. The average Bonchev–Trinajstić information content (AvgIpc) is 2.32. The third kappa shape index (κ3) is 3.82. The van der Waals surface area contributed by atoms with E-state index in [-0.39, 0.29) is 11.4 Å². The highest BCUT2D eigenvalue weighted by Gasteiger charge is 2.20. The second-order valence-corrected chi connectivity index (χ2v) is 4.58. The molecule has 0 unspecified atom stereocenters. The summed E-state index contributed by atoms with van der Waals surface area (Å²) >= 11 is 5.62. The summed E-state index contributed by atoms with van der Waals surface area (Å²) < 4.78 is 5.30. The number of aromatic nitrogens is 2. The summed E-state index contributed by atoms with van der Waals surface area (Å²) in [6.07, 6.45) is 2.65. The maximum absolute atomic E-state index is 11.6. The van der Waals surface area contributed by atoms with Gasteiger partial charge in [0.15, 0.2) is 0 Å². The van der Waals surface area contributed by atoms with Crippen LogP contribution in [0, 0.1) is 0 Å². The molecule has 1 N–H and O–H groups in total. The van der Waals surface area contributed by atoms with Gasteiger partial charge in [-0.15, -0.1) is 0 Å². The van der Waals surface area contributed by atoms with E-state index >= 15 is 0 Å². The van der Waals surface area contributed by atoms with Gasteiger partial charge in [0.05, 0.1) is 0 Å². The number of rotatable bonds is 2. The number of nitrogens with zero attached hydrogens (tertiary/aromatic N) is 3. The van der Waals surface area contributed by atoms with Crippen LogP contribution in [0.1, 0.15) is 12.8 Å². The Bertz CT molecular complexity index is 421. The Labute approximate surface area is 110 Å². The Morgan fingerprint density at radius 2 is 2.28 bits per heavy atom. The maximum Gasteiger partial charge on any atom is 0.413 e. The molecule has 6 nitrogen and oxygen atoms in total. The van der Waals surface area contributed by atoms with Crippen molar-refractivity contribution in [2.24, 2.45) is 0 Å².